The second-order valence-corrected chi connectivity index (χ2v) is 15.9. The third-order valence-corrected chi connectivity index (χ3v) is 12.4. The van der Waals surface area contributed by atoms with E-state index in [-0.39, 0.29) is 0 Å². The summed E-state index contributed by atoms with van der Waals surface area (Å²) >= 11 is 0. The molecular formula is C57H34N4O. The Kier molecular flexibility index (Phi) is 7.54. The van der Waals surface area contributed by atoms with E-state index in [1.807, 2.05) is 48.5 Å². The number of furan rings is 1. The summed E-state index contributed by atoms with van der Waals surface area (Å²) in [5.41, 5.74) is 10.2. The molecule has 288 valence electrons. The predicted octanol–water partition coefficient (Wildman–Crippen LogP) is 15.0. The first-order valence-corrected chi connectivity index (χ1v) is 20.9. The summed E-state index contributed by atoms with van der Waals surface area (Å²) in [7, 11) is 0. The summed E-state index contributed by atoms with van der Waals surface area (Å²) in [5, 5.41) is 11.5. The van der Waals surface area contributed by atoms with Crippen LogP contribution in [-0.2, 0) is 0 Å². The van der Waals surface area contributed by atoms with E-state index < -0.39 is 0 Å². The van der Waals surface area contributed by atoms with E-state index in [0.29, 0.717) is 17.5 Å². The molecule has 13 rings (SSSR count). The average molecular weight is 791 g/mol. The lowest BCUT2D eigenvalue weighted by molar-refractivity contribution is 0.669. The highest BCUT2D eigenvalue weighted by molar-refractivity contribution is 6.28. The van der Waals surface area contributed by atoms with Crippen LogP contribution in [0, 0.1) is 0 Å². The fourth-order valence-electron chi connectivity index (χ4n) is 9.66. The number of fused-ring (bicyclic) bond motifs is 12. The van der Waals surface area contributed by atoms with Gasteiger partial charge >= 0.3 is 0 Å². The van der Waals surface area contributed by atoms with Crippen LogP contribution in [0.5, 0.6) is 0 Å². The first-order valence-electron chi connectivity index (χ1n) is 20.9. The molecule has 0 saturated carbocycles. The molecule has 62 heavy (non-hydrogen) atoms. The van der Waals surface area contributed by atoms with Crippen molar-refractivity contribution >= 4 is 76.1 Å². The van der Waals surface area contributed by atoms with Crippen molar-refractivity contribution in [2.45, 2.75) is 0 Å². The molecule has 5 nitrogen and oxygen atoms in total. The molecular weight excluding hydrogens is 757 g/mol. The topological polar surface area (TPSA) is 56.7 Å². The molecule has 13 aromatic rings. The second-order valence-electron chi connectivity index (χ2n) is 15.9. The lowest BCUT2D eigenvalue weighted by Crippen LogP contribution is -2.01. The number of rotatable bonds is 5. The van der Waals surface area contributed by atoms with Crippen molar-refractivity contribution in [3.8, 4) is 51.0 Å². The Labute approximate surface area is 355 Å². The minimum atomic E-state index is 0.593. The van der Waals surface area contributed by atoms with Gasteiger partial charge < -0.3 is 8.98 Å². The Morgan fingerprint density at radius 2 is 0.871 bits per heavy atom. The molecule has 0 N–H and O–H groups in total. The fourth-order valence-corrected chi connectivity index (χ4v) is 9.66. The molecule has 0 aliphatic rings. The van der Waals surface area contributed by atoms with E-state index in [2.05, 4.69) is 162 Å². The fraction of sp³-hybridized carbons (Fsp3) is 0. The maximum absolute atomic E-state index is 6.32. The molecule has 0 radical (unpaired) electrons. The van der Waals surface area contributed by atoms with Crippen LogP contribution in [0.25, 0.3) is 127 Å². The van der Waals surface area contributed by atoms with Crippen LogP contribution in [0.1, 0.15) is 0 Å². The van der Waals surface area contributed by atoms with Gasteiger partial charge in [0.05, 0.1) is 16.7 Å². The van der Waals surface area contributed by atoms with Crippen LogP contribution >= 0.6 is 0 Å². The van der Waals surface area contributed by atoms with Gasteiger partial charge in [0.25, 0.3) is 0 Å². The van der Waals surface area contributed by atoms with Gasteiger partial charge in [-0.15, -0.1) is 0 Å². The van der Waals surface area contributed by atoms with Gasteiger partial charge in [-0.3, -0.25) is 0 Å². The van der Waals surface area contributed by atoms with Gasteiger partial charge in [-0.2, -0.15) is 0 Å². The van der Waals surface area contributed by atoms with Crippen LogP contribution in [0.2, 0.25) is 0 Å². The van der Waals surface area contributed by atoms with Crippen LogP contribution in [0.15, 0.2) is 211 Å². The van der Waals surface area contributed by atoms with Gasteiger partial charge in [-0.1, -0.05) is 164 Å². The molecule has 10 aromatic carbocycles. The molecule has 0 spiro atoms. The molecule has 0 aliphatic heterocycles. The molecule has 0 atom stereocenters. The first kappa shape index (κ1) is 34.5. The Balaban J connectivity index is 1.10. The quantitative estimate of drug-likeness (QED) is 0.163. The van der Waals surface area contributed by atoms with Crippen molar-refractivity contribution in [2.75, 3.05) is 0 Å². The minimum Gasteiger partial charge on any atom is -0.456 e. The highest BCUT2D eigenvalue weighted by Crippen LogP contribution is 2.43. The predicted molar refractivity (Wildman–Crippen MR) is 256 cm³/mol. The number of hydrogen-bond acceptors (Lipinski definition) is 4. The third-order valence-electron chi connectivity index (χ3n) is 12.4. The summed E-state index contributed by atoms with van der Waals surface area (Å²) in [6.45, 7) is 0. The molecule has 3 heterocycles. The third kappa shape index (κ3) is 5.25. The molecule has 0 saturated heterocycles. The summed E-state index contributed by atoms with van der Waals surface area (Å²) in [6, 6.07) is 72.9. The van der Waals surface area contributed by atoms with E-state index >= 15 is 0 Å². The van der Waals surface area contributed by atoms with E-state index in [1.165, 1.54) is 48.8 Å². The number of benzene rings is 10. The van der Waals surface area contributed by atoms with Crippen molar-refractivity contribution < 1.29 is 4.42 Å². The Hall–Kier alpha value is -8.41. The highest BCUT2D eigenvalue weighted by Gasteiger charge is 2.21. The zero-order valence-corrected chi connectivity index (χ0v) is 33.3. The van der Waals surface area contributed by atoms with Gasteiger partial charge in [0.15, 0.2) is 17.5 Å². The number of para-hydroxylation sites is 2. The smallest absolute Gasteiger partial charge is 0.164 e. The highest BCUT2D eigenvalue weighted by atomic mass is 16.3. The van der Waals surface area contributed by atoms with Crippen molar-refractivity contribution in [1.29, 1.82) is 0 Å². The zero-order chi connectivity index (χ0) is 40.7. The van der Waals surface area contributed by atoms with Crippen molar-refractivity contribution in [2.24, 2.45) is 0 Å². The van der Waals surface area contributed by atoms with E-state index in [1.54, 1.807) is 0 Å². The first-order chi connectivity index (χ1) is 30.7. The molecule has 0 bridgehead atoms. The Morgan fingerprint density at radius 1 is 0.306 bits per heavy atom. The lowest BCUT2D eigenvalue weighted by atomic mass is 9.92. The van der Waals surface area contributed by atoms with Crippen LogP contribution in [0.4, 0.5) is 0 Å². The van der Waals surface area contributed by atoms with Gasteiger partial charge in [0.1, 0.15) is 11.2 Å². The van der Waals surface area contributed by atoms with Gasteiger partial charge in [-0.05, 0) is 80.5 Å². The summed E-state index contributed by atoms with van der Waals surface area (Å²) in [4.78, 5) is 15.7. The number of hydrogen-bond donors (Lipinski definition) is 0. The summed E-state index contributed by atoms with van der Waals surface area (Å²) < 4.78 is 8.77. The van der Waals surface area contributed by atoms with Crippen molar-refractivity contribution in [3.05, 3.63) is 206 Å². The van der Waals surface area contributed by atoms with E-state index in [4.69, 9.17) is 19.4 Å². The monoisotopic (exact) mass is 790 g/mol. The molecule has 0 fully saturated rings. The van der Waals surface area contributed by atoms with Gasteiger partial charge in [0, 0.05) is 43.6 Å². The van der Waals surface area contributed by atoms with E-state index in [9.17, 15) is 0 Å². The van der Waals surface area contributed by atoms with Crippen molar-refractivity contribution in [1.82, 2.24) is 19.5 Å². The summed E-state index contributed by atoms with van der Waals surface area (Å²) in [5.74, 6) is 1.81. The minimum absolute atomic E-state index is 0.593. The Morgan fingerprint density at radius 3 is 1.69 bits per heavy atom. The zero-order valence-electron chi connectivity index (χ0n) is 33.3. The van der Waals surface area contributed by atoms with Gasteiger partial charge in [0.2, 0.25) is 0 Å². The van der Waals surface area contributed by atoms with Crippen LogP contribution in [0.3, 0.4) is 0 Å². The molecule has 0 amide bonds. The maximum atomic E-state index is 6.32. The largest absolute Gasteiger partial charge is 0.456 e. The normalized spacial score (nSPS) is 11.9. The molecule has 0 unspecified atom stereocenters. The molecule has 0 aliphatic carbocycles. The van der Waals surface area contributed by atoms with Crippen LogP contribution in [-0.4, -0.2) is 19.5 Å². The lowest BCUT2D eigenvalue weighted by Gasteiger charge is -2.17. The number of aromatic nitrogens is 4. The van der Waals surface area contributed by atoms with Crippen LogP contribution < -0.4 is 0 Å². The van der Waals surface area contributed by atoms with Crippen molar-refractivity contribution in [3.63, 3.8) is 0 Å². The van der Waals surface area contributed by atoms with Gasteiger partial charge in [-0.25, -0.2) is 15.0 Å². The standard InChI is InChI=1S/C57H34N4O/c1-3-15-35(16-4-1)37-30-32-49-46(33-37)42-21-9-11-25-48(42)61(49)50-26-13-23-43-40-20-8-7-19-39(40)41-31-29-38(34-47(41)53(43)50)56-58-55(36-17-5-2-6-18-36)59-57(60-56)45-24-14-28-52-54(45)44-22-10-12-27-51(44)62-52/h1-34H. The second kappa shape index (κ2) is 13.6. The number of nitrogens with zero attached hydrogens (tertiary/aromatic N) is 4. The van der Waals surface area contributed by atoms with E-state index in [0.717, 1.165) is 60.7 Å². The molecule has 3 aromatic heterocycles. The SMILES string of the molecule is c1ccc(-c2ccc3c(c2)c2ccccc2n3-c2cccc3c4ccccc4c4ccc(-c5nc(-c6ccccc6)nc(-c6cccc7oc8ccccc8c67)n5)cc4c23)cc1. The summed E-state index contributed by atoms with van der Waals surface area (Å²) in [6.07, 6.45) is 0. The average Bonchev–Trinajstić information content (AvgIpc) is 3.90. The Bertz CT molecular complexity index is 3920. The molecule has 5 heteroatoms. The maximum Gasteiger partial charge on any atom is 0.164 e.